The third-order valence-electron chi connectivity index (χ3n) is 7.26. The van der Waals surface area contributed by atoms with Crippen molar-refractivity contribution in [1.29, 1.82) is 0 Å². The molecular formula is C30H42FN7O3. The summed E-state index contributed by atoms with van der Waals surface area (Å²) in [6.45, 7) is 15.8. The third kappa shape index (κ3) is 6.37. The number of hydrogen-bond acceptors (Lipinski definition) is 8. The molecular weight excluding hydrogens is 525 g/mol. The van der Waals surface area contributed by atoms with Gasteiger partial charge >= 0.3 is 0 Å². The van der Waals surface area contributed by atoms with Crippen molar-refractivity contribution in [1.82, 2.24) is 34.6 Å². The number of ether oxygens (including phenoxy) is 2. The molecule has 0 amide bonds. The highest BCUT2D eigenvalue weighted by Crippen LogP contribution is 2.37. The highest BCUT2D eigenvalue weighted by atomic mass is 19.1. The molecule has 222 valence electrons. The van der Waals surface area contributed by atoms with Crippen molar-refractivity contribution in [3.8, 4) is 22.8 Å². The number of nitrogens with zero attached hydrogens (tertiary/aromatic N) is 6. The molecule has 6 heterocycles. The zero-order valence-electron chi connectivity index (χ0n) is 24.9. The summed E-state index contributed by atoms with van der Waals surface area (Å²) < 4.78 is 29.0. The minimum absolute atomic E-state index is 0.338. The molecule has 0 spiro atoms. The van der Waals surface area contributed by atoms with Gasteiger partial charge in [0.25, 0.3) is 0 Å². The largest absolute Gasteiger partial charge is 0.493 e. The van der Waals surface area contributed by atoms with Gasteiger partial charge in [-0.05, 0) is 36.6 Å². The molecule has 2 aliphatic rings. The molecule has 1 fully saturated rings. The Labute approximate surface area is 241 Å². The lowest BCUT2D eigenvalue weighted by Gasteiger charge is -2.35. The summed E-state index contributed by atoms with van der Waals surface area (Å²) in [5.74, 6) is 1.26. The van der Waals surface area contributed by atoms with Crippen LogP contribution in [-0.2, 0) is 13.1 Å². The van der Waals surface area contributed by atoms with Crippen molar-refractivity contribution in [2.24, 2.45) is 5.92 Å². The summed E-state index contributed by atoms with van der Waals surface area (Å²) in [5, 5.41) is 22.8. The molecule has 4 aromatic rings. The second-order valence-corrected chi connectivity index (χ2v) is 9.69. The Kier molecular flexibility index (Phi) is 10.3. The van der Waals surface area contributed by atoms with Crippen LogP contribution < -0.4 is 14.8 Å². The van der Waals surface area contributed by atoms with Crippen molar-refractivity contribution >= 4 is 5.52 Å². The van der Waals surface area contributed by atoms with Gasteiger partial charge in [-0.2, -0.15) is 10.2 Å². The first-order valence-corrected chi connectivity index (χ1v) is 14.5. The molecule has 0 saturated carbocycles. The number of aromatic nitrogens is 5. The summed E-state index contributed by atoms with van der Waals surface area (Å²) in [5.41, 5.74) is 5.09. The number of aliphatic hydroxyl groups excluding tert-OH is 1. The Morgan fingerprint density at radius 2 is 1.90 bits per heavy atom. The number of nitrogens with one attached hydrogen (secondary N) is 1. The zero-order chi connectivity index (χ0) is 29.5. The Hall–Kier alpha value is -3.54. The van der Waals surface area contributed by atoms with Crippen LogP contribution in [0.4, 0.5) is 4.39 Å². The first-order valence-electron chi connectivity index (χ1n) is 14.5. The highest BCUT2D eigenvalue weighted by molar-refractivity contribution is 5.75. The van der Waals surface area contributed by atoms with Gasteiger partial charge in [0.2, 0.25) is 0 Å². The van der Waals surface area contributed by atoms with Crippen molar-refractivity contribution in [3.05, 3.63) is 59.6 Å². The second-order valence-electron chi connectivity index (χ2n) is 9.69. The zero-order valence-corrected chi connectivity index (χ0v) is 24.9. The Morgan fingerprint density at radius 1 is 1.12 bits per heavy atom. The summed E-state index contributed by atoms with van der Waals surface area (Å²) >= 11 is 0. The van der Waals surface area contributed by atoms with Crippen LogP contribution in [0.25, 0.3) is 16.8 Å². The fourth-order valence-corrected chi connectivity index (χ4v) is 5.12. The minimum atomic E-state index is -0.801. The number of pyridine rings is 2. The standard InChI is InChI=1S/C26H30FN7O3.2C2H6/c1-16-21-14-32(12-17-8-28-9-17)5-6-33(21)31-25(16)18-7-22(26-23(36-2)11-30-34(26)13-18)37-24(15-35)20-4-3-19(27)10-29-20;2*1-2/h3-4,7,10-11,13,17,24,28,35H,5-6,8-9,12,14-15H2,1-2H3;2*1-2H3. The van der Waals surface area contributed by atoms with E-state index in [9.17, 15) is 9.50 Å². The summed E-state index contributed by atoms with van der Waals surface area (Å²) in [6, 6.07) is 4.69. The first-order chi connectivity index (χ1) is 20.0. The van der Waals surface area contributed by atoms with Gasteiger partial charge in [-0.15, -0.1) is 0 Å². The Morgan fingerprint density at radius 3 is 2.54 bits per heavy atom. The monoisotopic (exact) mass is 567 g/mol. The lowest BCUT2D eigenvalue weighted by atomic mass is 10.0. The Bertz CT molecular complexity index is 1420. The maximum Gasteiger partial charge on any atom is 0.168 e. The first kappa shape index (κ1) is 30.4. The van der Waals surface area contributed by atoms with Gasteiger partial charge in [-0.3, -0.25) is 14.6 Å². The quantitative estimate of drug-likeness (QED) is 0.326. The average molecular weight is 568 g/mol. The second kappa shape index (κ2) is 13.9. The molecule has 1 unspecified atom stereocenters. The van der Waals surface area contributed by atoms with Crippen LogP contribution in [0.2, 0.25) is 0 Å². The highest BCUT2D eigenvalue weighted by Gasteiger charge is 2.27. The predicted octanol–water partition coefficient (Wildman–Crippen LogP) is 4.25. The molecule has 2 aliphatic heterocycles. The van der Waals surface area contributed by atoms with Crippen molar-refractivity contribution in [2.45, 2.75) is 53.8 Å². The topological polar surface area (TPSA) is 102 Å². The molecule has 6 rings (SSSR count). The number of aliphatic hydroxyl groups is 1. The molecule has 0 bridgehead atoms. The number of fused-ring (bicyclic) bond motifs is 2. The van der Waals surface area contributed by atoms with Gasteiger partial charge in [0, 0.05) is 44.5 Å². The number of halogens is 1. The smallest absolute Gasteiger partial charge is 0.168 e. The lowest BCUT2D eigenvalue weighted by molar-refractivity contribution is 0.114. The van der Waals surface area contributed by atoms with E-state index in [0.29, 0.717) is 22.7 Å². The van der Waals surface area contributed by atoms with Gasteiger partial charge in [-0.25, -0.2) is 8.91 Å². The van der Waals surface area contributed by atoms with E-state index in [2.05, 4.69) is 31.9 Å². The molecule has 1 atom stereocenters. The molecule has 4 aromatic heterocycles. The number of methoxy groups -OCH3 is 1. The lowest BCUT2D eigenvalue weighted by Crippen LogP contribution is -2.49. The van der Waals surface area contributed by atoms with Crippen LogP contribution in [0.3, 0.4) is 0 Å². The van der Waals surface area contributed by atoms with Crippen LogP contribution in [0.15, 0.2) is 36.8 Å². The molecule has 10 nitrogen and oxygen atoms in total. The summed E-state index contributed by atoms with van der Waals surface area (Å²) in [7, 11) is 1.57. The third-order valence-corrected chi connectivity index (χ3v) is 7.26. The number of hydrogen-bond donors (Lipinski definition) is 2. The van der Waals surface area contributed by atoms with Crippen molar-refractivity contribution < 1.29 is 19.0 Å². The fraction of sp³-hybridized carbons (Fsp3) is 0.500. The molecule has 1 saturated heterocycles. The van der Waals surface area contributed by atoms with Gasteiger partial charge in [0.05, 0.1) is 49.7 Å². The molecule has 2 N–H and O–H groups in total. The number of rotatable bonds is 8. The molecule has 41 heavy (non-hydrogen) atoms. The van der Waals surface area contributed by atoms with Crippen LogP contribution in [0.5, 0.6) is 11.5 Å². The predicted molar refractivity (Wildman–Crippen MR) is 157 cm³/mol. The van der Waals surface area contributed by atoms with Crippen LogP contribution in [0.1, 0.15) is 50.8 Å². The maximum absolute atomic E-state index is 13.4. The Balaban J connectivity index is 0.000000929. The van der Waals surface area contributed by atoms with Gasteiger partial charge in [0.1, 0.15) is 5.82 Å². The summed E-state index contributed by atoms with van der Waals surface area (Å²) in [6.07, 6.45) is 3.84. The van der Waals surface area contributed by atoms with Crippen molar-refractivity contribution in [2.75, 3.05) is 39.9 Å². The van der Waals surface area contributed by atoms with E-state index in [1.807, 2.05) is 40.0 Å². The maximum atomic E-state index is 13.4. The van der Waals surface area contributed by atoms with Gasteiger partial charge in [0.15, 0.2) is 23.1 Å². The van der Waals surface area contributed by atoms with Gasteiger partial charge < -0.3 is 19.9 Å². The van der Waals surface area contributed by atoms with E-state index in [0.717, 1.165) is 68.2 Å². The van der Waals surface area contributed by atoms with E-state index in [-0.39, 0.29) is 6.61 Å². The normalized spacial score (nSPS) is 15.6. The van der Waals surface area contributed by atoms with E-state index < -0.39 is 11.9 Å². The fourth-order valence-electron chi connectivity index (χ4n) is 5.12. The van der Waals surface area contributed by atoms with E-state index in [1.54, 1.807) is 17.8 Å². The van der Waals surface area contributed by atoms with Crippen LogP contribution in [0, 0.1) is 18.7 Å². The van der Waals surface area contributed by atoms with Crippen molar-refractivity contribution in [3.63, 3.8) is 0 Å². The van der Waals surface area contributed by atoms with Gasteiger partial charge in [-0.1, -0.05) is 27.7 Å². The molecule has 0 radical (unpaired) electrons. The van der Waals surface area contributed by atoms with E-state index in [4.69, 9.17) is 14.6 Å². The molecule has 0 aliphatic carbocycles. The SMILES string of the molecule is CC.CC.COc1cnn2cc(-c3nn4c(c3C)CN(CC3CNC3)CC4)cc(OC(CO)c3ccc(F)cn3)c12. The summed E-state index contributed by atoms with van der Waals surface area (Å²) in [4.78, 5) is 6.61. The average Bonchev–Trinajstić information content (AvgIpc) is 3.57. The molecule has 0 aromatic carbocycles. The van der Waals surface area contributed by atoms with Crippen LogP contribution >= 0.6 is 0 Å². The molecule has 11 heteroatoms. The van der Waals surface area contributed by atoms with E-state index in [1.165, 1.54) is 17.8 Å². The van der Waals surface area contributed by atoms with E-state index >= 15 is 0 Å². The van der Waals surface area contributed by atoms with Crippen LogP contribution in [-0.4, -0.2) is 74.3 Å². The minimum Gasteiger partial charge on any atom is -0.493 e.